The zero-order valence-corrected chi connectivity index (χ0v) is 8.85. The number of halogens is 1. The molecule has 0 fully saturated rings. The third-order valence-corrected chi connectivity index (χ3v) is 2.51. The van der Waals surface area contributed by atoms with Gasteiger partial charge in [0.05, 0.1) is 12.7 Å². The average Bonchev–Trinajstić information content (AvgIpc) is 2.27. The maximum absolute atomic E-state index is 9.69. The molecule has 1 rings (SSSR count). The fourth-order valence-corrected chi connectivity index (χ4v) is 1.48. The molecule has 4 nitrogen and oxygen atoms in total. The van der Waals surface area contributed by atoms with E-state index in [1.807, 2.05) is 0 Å². The first kappa shape index (κ1) is 12.4. The van der Waals surface area contributed by atoms with Crippen LogP contribution in [0.1, 0.15) is 17.2 Å². The van der Waals surface area contributed by atoms with Crippen molar-refractivity contribution in [2.24, 2.45) is 5.73 Å². The Morgan fingerprint density at radius 1 is 1.33 bits per heavy atom. The van der Waals surface area contributed by atoms with E-state index in [2.05, 4.69) is 0 Å². The molecular formula is C10H14ClNO3. The number of hydrogen-bond donors (Lipinski definition) is 4. The molecular weight excluding hydrogens is 218 g/mol. The van der Waals surface area contributed by atoms with E-state index in [0.29, 0.717) is 16.1 Å². The Morgan fingerprint density at radius 2 is 2.00 bits per heavy atom. The summed E-state index contributed by atoms with van der Waals surface area (Å²) in [5, 5.41) is 28.3. The van der Waals surface area contributed by atoms with Crippen LogP contribution in [0.15, 0.2) is 18.2 Å². The topological polar surface area (TPSA) is 86.7 Å². The van der Waals surface area contributed by atoms with Gasteiger partial charge < -0.3 is 21.1 Å². The average molecular weight is 232 g/mol. The molecule has 2 atom stereocenters. The minimum atomic E-state index is -1.13. The summed E-state index contributed by atoms with van der Waals surface area (Å²) in [5.74, 6) is 0. The number of rotatable bonds is 4. The molecule has 2 unspecified atom stereocenters. The molecule has 0 aliphatic rings. The molecule has 0 aromatic heterocycles. The minimum absolute atomic E-state index is 0.0547. The fourth-order valence-electron chi connectivity index (χ4n) is 1.25. The van der Waals surface area contributed by atoms with Crippen molar-refractivity contribution in [2.45, 2.75) is 18.8 Å². The Bertz CT molecular complexity index is 332. The van der Waals surface area contributed by atoms with Crippen LogP contribution in [0.3, 0.4) is 0 Å². The Kier molecular flexibility index (Phi) is 4.50. The molecule has 5 heteroatoms. The standard InChI is InChI=1S/C10H14ClNO3/c11-8-2-1-6(5-13)3-7(8)10(15)9(14)4-12/h1-3,9-10,13-15H,4-5,12H2. The Morgan fingerprint density at radius 3 is 2.53 bits per heavy atom. The van der Waals surface area contributed by atoms with Gasteiger partial charge in [-0.25, -0.2) is 0 Å². The zero-order chi connectivity index (χ0) is 11.4. The van der Waals surface area contributed by atoms with Gasteiger partial charge in [-0.1, -0.05) is 17.7 Å². The van der Waals surface area contributed by atoms with Crippen molar-refractivity contribution >= 4 is 11.6 Å². The molecule has 5 N–H and O–H groups in total. The minimum Gasteiger partial charge on any atom is -0.392 e. The van der Waals surface area contributed by atoms with Crippen LogP contribution < -0.4 is 5.73 Å². The van der Waals surface area contributed by atoms with Crippen molar-refractivity contribution in [2.75, 3.05) is 6.54 Å². The van der Waals surface area contributed by atoms with Gasteiger partial charge in [0.15, 0.2) is 0 Å². The number of benzene rings is 1. The van der Waals surface area contributed by atoms with Gasteiger partial charge in [0, 0.05) is 17.1 Å². The van der Waals surface area contributed by atoms with Gasteiger partial charge in [-0.3, -0.25) is 0 Å². The van der Waals surface area contributed by atoms with Gasteiger partial charge in [-0.15, -0.1) is 0 Å². The number of aliphatic hydroxyl groups excluding tert-OH is 3. The smallest absolute Gasteiger partial charge is 0.108 e. The lowest BCUT2D eigenvalue weighted by Gasteiger charge is -2.18. The fraction of sp³-hybridized carbons (Fsp3) is 0.400. The van der Waals surface area contributed by atoms with E-state index in [-0.39, 0.29) is 13.2 Å². The molecule has 15 heavy (non-hydrogen) atoms. The van der Waals surface area contributed by atoms with E-state index >= 15 is 0 Å². The summed E-state index contributed by atoms with van der Waals surface area (Å²) in [4.78, 5) is 0. The Balaban J connectivity index is 3.01. The van der Waals surface area contributed by atoms with Crippen molar-refractivity contribution < 1.29 is 15.3 Å². The van der Waals surface area contributed by atoms with Crippen molar-refractivity contribution in [3.63, 3.8) is 0 Å². The molecule has 0 aliphatic carbocycles. The second kappa shape index (κ2) is 5.44. The summed E-state index contributed by atoms with van der Waals surface area (Å²) in [6.07, 6.45) is -2.19. The van der Waals surface area contributed by atoms with Crippen LogP contribution >= 0.6 is 11.6 Å². The first-order valence-corrected chi connectivity index (χ1v) is 4.93. The van der Waals surface area contributed by atoms with Crippen LogP contribution in [0, 0.1) is 0 Å². The van der Waals surface area contributed by atoms with Gasteiger partial charge in [0.25, 0.3) is 0 Å². The molecule has 84 valence electrons. The van der Waals surface area contributed by atoms with Crippen LogP contribution in [0.2, 0.25) is 5.02 Å². The van der Waals surface area contributed by atoms with Crippen LogP contribution in [0.5, 0.6) is 0 Å². The van der Waals surface area contributed by atoms with Gasteiger partial charge in [-0.2, -0.15) is 0 Å². The van der Waals surface area contributed by atoms with E-state index in [9.17, 15) is 10.2 Å². The summed E-state index contributed by atoms with van der Waals surface area (Å²) in [5.41, 5.74) is 6.23. The van der Waals surface area contributed by atoms with Crippen molar-refractivity contribution in [3.8, 4) is 0 Å². The quantitative estimate of drug-likeness (QED) is 0.596. The molecule has 0 radical (unpaired) electrons. The molecule has 0 amide bonds. The van der Waals surface area contributed by atoms with Crippen LogP contribution in [0.4, 0.5) is 0 Å². The molecule has 0 saturated heterocycles. The third-order valence-electron chi connectivity index (χ3n) is 2.17. The molecule has 0 aliphatic heterocycles. The normalized spacial score (nSPS) is 15.0. The Hall–Kier alpha value is -0.650. The maximum atomic E-state index is 9.69. The van der Waals surface area contributed by atoms with E-state index in [0.717, 1.165) is 0 Å². The number of nitrogens with two attached hydrogens (primary N) is 1. The summed E-state index contributed by atoms with van der Waals surface area (Å²) in [6, 6.07) is 4.76. The largest absolute Gasteiger partial charge is 0.392 e. The Labute approximate surface area is 92.9 Å². The first-order valence-electron chi connectivity index (χ1n) is 4.55. The summed E-state index contributed by atoms with van der Waals surface area (Å²) in [6.45, 7) is -0.198. The van der Waals surface area contributed by atoms with Crippen LogP contribution in [-0.2, 0) is 6.61 Å². The highest BCUT2D eigenvalue weighted by molar-refractivity contribution is 6.31. The maximum Gasteiger partial charge on any atom is 0.108 e. The second-order valence-electron chi connectivity index (χ2n) is 3.26. The van der Waals surface area contributed by atoms with Crippen molar-refractivity contribution in [3.05, 3.63) is 34.3 Å². The highest BCUT2D eigenvalue weighted by Gasteiger charge is 2.19. The highest BCUT2D eigenvalue weighted by atomic mass is 35.5. The van der Waals surface area contributed by atoms with Crippen LogP contribution in [0.25, 0.3) is 0 Å². The van der Waals surface area contributed by atoms with Gasteiger partial charge >= 0.3 is 0 Å². The van der Waals surface area contributed by atoms with E-state index in [4.69, 9.17) is 22.4 Å². The second-order valence-corrected chi connectivity index (χ2v) is 3.67. The van der Waals surface area contributed by atoms with Gasteiger partial charge in [0.2, 0.25) is 0 Å². The molecule has 1 aromatic carbocycles. The zero-order valence-electron chi connectivity index (χ0n) is 8.10. The number of hydrogen-bond acceptors (Lipinski definition) is 4. The third kappa shape index (κ3) is 2.90. The van der Waals surface area contributed by atoms with E-state index in [1.54, 1.807) is 18.2 Å². The monoisotopic (exact) mass is 231 g/mol. The summed E-state index contributed by atoms with van der Waals surface area (Å²) in [7, 11) is 0. The lowest BCUT2D eigenvalue weighted by atomic mass is 10.0. The molecule has 0 saturated carbocycles. The molecule has 1 aromatic rings. The van der Waals surface area contributed by atoms with Gasteiger partial charge in [-0.05, 0) is 17.7 Å². The molecule has 0 spiro atoms. The van der Waals surface area contributed by atoms with Crippen molar-refractivity contribution in [1.82, 2.24) is 0 Å². The molecule has 0 bridgehead atoms. The predicted octanol–water partition coefficient (Wildman–Crippen LogP) is 0.185. The summed E-state index contributed by atoms with van der Waals surface area (Å²) >= 11 is 5.86. The number of aliphatic hydroxyl groups is 3. The summed E-state index contributed by atoms with van der Waals surface area (Å²) < 4.78 is 0. The lowest BCUT2D eigenvalue weighted by Crippen LogP contribution is -2.27. The van der Waals surface area contributed by atoms with Crippen molar-refractivity contribution in [1.29, 1.82) is 0 Å². The highest BCUT2D eigenvalue weighted by Crippen LogP contribution is 2.26. The van der Waals surface area contributed by atoms with Crippen LogP contribution in [-0.4, -0.2) is 28.0 Å². The first-order chi connectivity index (χ1) is 7.10. The van der Waals surface area contributed by atoms with Gasteiger partial charge in [0.1, 0.15) is 6.10 Å². The molecule has 0 heterocycles. The lowest BCUT2D eigenvalue weighted by molar-refractivity contribution is 0.0243. The van der Waals surface area contributed by atoms with E-state index in [1.165, 1.54) is 0 Å². The van der Waals surface area contributed by atoms with E-state index < -0.39 is 12.2 Å². The predicted molar refractivity (Wildman–Crippen MR) is 57.4 cm³/mol. The SMILES string of the molecule is NCC(O)C(O)c1cc(CO)ccc1Cl.